The Morgan fingerprint density at radius 2 is 1.72 bits per heavy atom. The Morgan fingerprint density at radius 1 is 1.28 bits per heavy atom. The third kappa shape index (κ3) is 4.92. The van der Waals surface area contributed by atoms with Crippen LogP contribution < -0.4 is 11.1 Å². The number of hydrogen-bond acceptors (Lipinski definition) is 3. The number of rotatable bonds is 4. The van der Waals surface area contributed by atoms with Crippen LogP contribution in [0.5, 0.6) is 0 Å². The van der Waals surface area contributed by atoms with Gasteiger partial charge in [-0.15, -0.1) is 24.8 Å². The van der Waals surface area contributed by atoms with Crippen molar-refractivity contribution in [2.24, 2.45) is 5.73 Å². The zero-order valence-electron chi connectivity index (χ0n) is 11.8. The highest BCUT2D eigenvalue weighted by atomic mass is 35.5. The predicted molar refractivity (Wildman–Crippen MR) is 80.7 cm³/mol. The molecule has 0 unspecified atom stereocenters. The van der Waals surface area contributed by atoms with Crippen LogP contribution in [0.25, 0.3) is 0 Å². The molecule has 1 rings (SSSR count). The van der Waals surface area contributed by atoms with Crippen molar-refractivity contribution in [2.45, 2.75) is 50.6 Å². The Labute approximate surface area is 123 Å². The van der Waals surface area contributed by atoms with Gasteiger partial charge in [0.05, 0.1) is 5.54 Å². The third-order valence-corrected chi connectivity index (χ3v) is 3.65. The van der Waals surface area contributed by atoms with Crippen LogP contribution in [-0.4, -0.2) is 42.5 Å². The molecular weight excluding hydrogens is 273 g/mol. The van der Waals surface area contributed by atoms with Crippen LogP contribution in [0.3, 0.4) is 0 Å². The van der Waals surface area contributed by atoms with Gasteiger partial charge in [0.2, 0.25) is 5.91 Å². The Kier molecular flexibility index (Phi) is 8.49. The summed E-state index contributed by atoms with van der Waals surface area (Å²) in [4.78, 5) is 14.0. The number of amides is 1. The molecule has 0 bridgehead atoms. The van der Waals surface area contributed by atoms with E-state index in [4.69, 9.17) is 5.73 Å². The summed E-state index contributed by atoms with van der Waals surface area (Å²) in [6, 6.07) is 0. The molecule has 0 heterocycles. The van der Waals surface area contributed by atoms with Gasteiger partial charge < -0.3 is 16.0 Å². The maximum absolute atomic E-state index is 11.7. The lowest BCUT2D eigenvalue weighted by Crippen LogP contribution is -2.56. The molecule has 0 aromatic rings. The summed E-state index contributed by atoms with van der Waals surface area (Å²) in [6.07, 6.45) is 4.82. The number of nitrogens with zero attached hydrogens (tertiary/aromatic N) is 1. The molecule has 4 nitrogen and oxygen atoms in total. The third-order valence-electron chi connectivity index (χ3n) is 3.65. The number of nitrogens with two attached hydrogens (primary N) is 1. The molecule has 6 heteroatoms. The van der Waals surface area contributed by atoms with Crippen molar-refractivity contribution < 1.29 is 4.79 Å². The number of carbonyl (C=O) groups excluding carboxylic acids is 1. The van der Waals surface area contributed by atoms with Crippen molar-refractivity contribution in [3.05, 3.63) is 0 Å². The lowest BCUT2D eigenvalue weighted by molar-refractivity contribution is -0.125. The van der Waals surface area contributed by atoms with Crippen molar-refractivity contribution in [2.75, 3.05) is 20.6 Å². The maximum Gasteiger partial charge on any atom is 0.239 e. The van der Waals surface area contributed by atoms with Gasteiger partial charge in [-0.2, -0.15) is 0 Å². The number of hydrogen-bond donors (Lipinski definition) is 2. The van der Waals surface area contributed by atoms with Gasteiger partial charge in [-0.1, -0.05) is 12.8 Å². The first kappa shape index (κ1) is 20.3. The molecule has 18 heavy (non-hydrogen) atoms. The molecule has 1 amide bonds. The van der Waals surface area contributed by atoms with Crippen LogP contribution in [-0.2, 0) is 4.79 Å². The summed E-state index contributed by atoms with van der Waals surface area (Å²) >= 11 is 0. The van der Waals surface area contributed by atoms with E-state index in [-0.39, 0.29) is 36.3 Å². The molecule has 0 saturated heterocycles. The van der Waals surface area contributed by atoms with Crippen molar-refractivity contribution in [3.8, 4) is 0 Å². The summed E-state index contributed by atoms with van der Waals surface area (Å²) in [5, 5.41) is 2.98. The van der Waals surface area contributed by atoms with E-state index in [1.54, 1.807) is 13.8 Å². The maximum atomic E-state index is 11.7. The Hall–Kier alpha value is -0.0300. The molecule has 3 N–H and O–H groups in total. The topological polar surface area (TPSA) is 58.4 Å². The minimum Gasteiger partial charge on any atom is -0.353 e. The Bertz CT molecular complexity index is 259. The standard InChI is InChI=1S/C12H25N3O.2ClH/c1-11(2,13)10(16)14-9-12(15(3)4)7-5-6-8-12;;/h5-9,13H2,1-4H3,(H,14,16);2*1H. The number of carbonyl (C=O) groups is 1. The number of halogens is 2. The monoisotopic (exact) mass is 299 g/mol. The second kappa shape index (κ2) is 7.53. The van der Waals surface area contributed by atoms with Gasteiger partial charge in [-0.25, -0.2) is 0 Å². The molecule has 0 aromatic heterocycles. The van der Waals surface area contributed by atoms with Crippen LogP contribution in [0.15, 0.2) is 0 Å². The van der Waals surface area contributed by atoms with Gasteiger partial charge in [-0.05, 0) is 40.8 Å². The minimum atomic E-state index is -0.786. The van der Waals surface area contributed by atoms with Crippen molar-refractivity contribution >= 4 is 30.7 Å². The first-order valence-corrected chi connectivity index (χ1v) is 6.03. The molecule has 0 spiro atoms. The average molecular weight is 300 g/mol. The van der Waals surface area contributed by atoms with Gasteiger partial charge in [-0.3, -0.25) is 4.79 Å². The fourth-order valence-electron chi connectivity index (χ4n) is 2.29. The van der Waals surface area contributed by atoms with Gasteiger partial charge in [0.15, 0.2) is 0 Å². The zero-order chi connectivity index (χ0) is 12.4. The quantitative estimate of drug-likeness (QED) is 0.828. The molecule has 1 fully saturated rings. The first-order chi connectivity index (χ1) is 7.28. The molecule has 0 aliphatic heterocycles. The van der Waals surface area contributed by atoms with Crippen molar-refractivity contribution in [1.82, 2.24) is 10.2 Å². The molecule has 0 aromatic carbocycles. The van der Waals surface area contributed by atoms with Gasteiger partial charge >= 0.3 is 0 Å². The zero-order valence-corrected chi connectivity index (χ0v) is 13.4. The molecule has 110 valence electrons. The summed E-state index contributed by atoms with van der Waals surface area (Å²) in [6.45, 7) is 4.18. The largest absolute Gasteiger partial charge is 0.353 e. The minimum absolute atomic E-state index is 0. The van der Waals surface area contributed by atoms with Gasteiger partial charge in [0.1, 0.15) is 0 Å². The van der Waals surface area contributed by atoms with Crippen LogP contribution in [0.2, 0.25) is 0 Å². The van der Waals surface area contributed by atoms with E-state index in [1.165, 1.54) is 12.8 Å². The molecule has 1 aliphatic carbocycles. The van der Waals surface area contributed by atoms with E-state index in [1.807, 2.05) is 0 Å². The van der Waals surface area contributed by atoms with Gasteiger partial charge in [0.25, 0.3) is 0 Å². The molecular formula is C12H27Cl2N3O. The van der Waals surface area contributed by atoms with E-state index >= 15 is 0 Å². The average Bonchev–Trinajstić information content (AvgIpc) is 2.62. The smallest absolute Gasteiger partial charge is 0.239 e. The van der Waals surface area contributed by atoms with E-state index in [0.29, 0.717) is 6.54 Å². The van der Waals surface area contributed by atoms with Crippen LogP contribution in [0.1, 0.15) is 39.5 Å². The number of nitrogens with one attached hydrogen (secondary N) is 1. The lowest BCUT2D eigenvalue weighted by atomic mass is 9.95. The van der Waals surface area contributed by atoms with Crippen molar-refractivity contribution in [1.29, 1.82) is 0 Å². The summed E-state index contributed by atoms with van der Waals surface area (Å²) in [5.41, 5.74) is 5.11. The van der Waals surface area contributed by atoms with E-state index in [0.717, 1.165) is 12.8 Å². The SMILES string of the molecule is CN(C)C1(CNC(=O)C(C)(C)N)CCCC1.Cl.Cl. The Morgan fingerprint density at radius 3 is 2.06 bits per heavy atom. The highest BCUT2D eigenvalue weighted by molar-refractivity contribution is 5.86. The first-order valence-electron chi connectivity index (χ1n) is 6.03. The van der Waals surface area contributed by atoms with Crippen LogP contribution in [0.4, 0.5) is 0 Å². The summed E-state index contributed by atoms with van der Waals surface area (Å²) in [5.74, 6) is -0.0689. The second-order valence-corrected chi connectivity index (χ2v) is 5.73. The van der Waals surface area contributed by atoms with Crippen LogP contribution in [0, 0.1) is 0 Å². The normalized spacial score (nSPS) is 17.9. The highest BCUT2D eigenvalue weighted by Crippen LogP contribution is 2.33. The second-order valence-electron chi connectivity index (χ2n) is 5.73. The Balaban J connectivity index is 0. The summed E-state index contributed by atoms with van der Waals surface area (Å²) in [7, 11) is 4.18. The number of likely N-dealkylation sites (N-methyl/N-ethyl adjacent to an activating group) is 1. The van der Waals surface area contributed by atoms with E-state index in [9.17, 15) is 4.79 Å². The van der Waals surface area contributed by atoms with E-state index < -0.39 is 5.54 Å². The summed E-state index contributed by atoms with van der Waals surface area (Å²) < 4.78 is 0. The molecule has 1 saturated carbocycles. The van der Waals surface area contributed by atoms with Gasteiger partial charge in [0, 0.05) is 12.1 Å². The fraction of sp³-hybridized carbons (Fsp3) is 0.917. The molecule has 0 atom stereocenters. The van der Waals surface area contributed by atoms with Crippen molar-refractivity contribution in [3.63, 3.8) is 0 Å². The lowest BCUT2D eigenvalue weighted by Gasteiger charge is -2.37. The van der Waals surface area contributed by atoms with E-state index in [2.05, 4.69) is 24.3 Å². The molecule has 0 radical (unpaired) electrons. The molecule has 1 aliphatic rings. The highest BCUT2D eigenvalue weighted by Gasteiger charge is 2.37. The fourth-order valence-corrected chi connectivity index (χ4v) is 2.29. The predicted octanol–water partition coefficient (Wildman–Crippen LogP) is 1.56. The van der Waals surface area contributed by atoms with Crippen LogP contribution >= 0.6 is 24.8 Å².